The van der Waals surface area contributed by atoms with Crippen molar-refractivity contribution >= 4 is 22.7 Å². The number of carbonyl (C=O) groups is 1. The Labute approximate surface area is 120 Å². The van der Waals surface area contributed by atoms with Gasteiger partial charge in [-0.15, -0.1) is 0 Å². The standard InChI is InChI=1S/C14H14N4O3/c1-8-15-14(21-18-8)6-5-13(19)17-10-3-4-11-12(7-10)20-9(2)16-11/h3-4,7H,5-6H2,1-2H3,(H,17,19). The third-order valence-electron chi connectivity index (χ3n) is 2.91. The highest BCUT2D eigenvalue weighted by atomic mass is 16.5. The minimum atomic E-state index is -0.124. The molecule has 0 aliphatic heterocycles. The molecule has 108 valence electrons. The van der Waals surface area contributed by atoms with E-state index in [0.29, 0.717) is 35.3 Å². The summed E-state index contributed by atoms with van der Waals surface area (Å²) in [6.45, 7) is 3.52. The first-order valence-electron chi connectivity index (χ1n) is 6.56. The summed E-state index contributed by atoms with van der Waals surface area (Å²) < 4.78 is 10.4. The minimum absolute atomic E-state index is 0.124. The van der Waals surface area contributed by atoms with Crippen LogP contribution in [0.15, 0.2) is 27.1 Å². The fourth-order valence-corrected chi connectivity index (χ4v) is 2.00. The number of aromatic nitrogens is 3. The number of nitrogens with one attached hydrogen (secondary N) is 1. The fourth-order valence-electron chi connectivity index (χ4n) is 2.00. The molecule has 1 N–H and O–H groups in total. The van der Waals surface area contributed by atoms with Crippen molar-refractivity contribution in [1.29, 1.82) is 0 Å². The Bertz CT molecular complexity index is 790. The highest BCUT2D eigenvalue weighted by Crippen LogP contribution is 2.20. The molecule has 0 aliphatic carbocycles. The Morgan fingerprint density at radius 2 is 2.14 bits per heavy atom. The van der Waals surface area contributed by atoms with Crippen LogP contribution in [0.5, 0.6) is 0 Å². The zero-order valence-corrected chi connectivity index (χ0v) is 11.7. The van der Waals surface area contributed by atoms with E-state index < -0.39 is 0 Å². The van der Waals surface area contributed by atoms with Crippen LogP contribution >= 0.6 is 0 Å². The Balaban J connectivity index is 1.62. The van der Waals surface area contributed by atoms with E-state index >= 15 is 0 Å². The minimum Gasteiger partial charge on any atom is -0.441 e. The number of benzene rings is 1. The molecule has 0 saturated heterocycles. The Morgan fingerprint density at radius 3 is 2.90 bits per heavy atom. The third kappa shape index (κ3) is 3.07. The van der Waals surface area contributed by atoms with Crippen LogP contribution in [0, 0.1) is 13.8 Å². The first-order chi connectivity index (χ1) is 10.1. The summed E-state index contributed by atoms with van der Waals surface area (Å²) in [5.41, 5.74) is 2.09. The monoisotopic (exact) mass is 286 g/mol. The smallest absolute Gasteiger partial charge is 0.227 e. The molecule has 0 aliphatic rings. The van der Waals surface area contributed by atoms with Gasteiger partial charge >= 0.3 is 0 Å². The zero-order valence-electron chi connectivity index (χ0n) is 11.7. The van der Waals surface area contributed by atoms with Gasteiger partial charge in [-0.2, -0.15) is 4.98 Å². The molecule has 0 saturated carbocycles. The number of rotatable bonds is 4. The van der Waals surface area contributed by atoms with Crippen LogP contribution in [0.2, 0.25) is 0 Å². The molecule has 2 heterocycles. The van der Waals surface area contributed by atoms with Crippen molar-refractivity contribution < 1.29 is 13.7 Å². The number of nitrogens with zero attached hydrogens (tertiary/aromatic N) is 3. The van der Waals surface area contributed by atoms with E-state index in [1.807, 2.05) is 6.07 Å². The summed E-state index contributed by atoms with van der Waals surface area (Å²) in [7, 11) is 0. The quantitative estimate of drug-likeness (QED) is 0.791. The number of anilines is 1. The van der Waals surface area contributed by atoms with E-state index in [-0.39, 0.29) is 12.3 Å². The van der Waals surface area contributed by atoms with Crippen molar-refractivity contribution in [3.8, 4) is 0 Å². The van der Waals surface area contributed by atoms with Gasteiger partial charge in [-0.1, -0.05) is 5.16 Å². The first kappa shape index (κ1) is 13.3. The third-order valence-corrected chi connectivity index (χ3v) is 2.91. The van der Waals surface area contributed by atoms with E-state index in [1.165, 1.54) is 0 Å². The number of hydrogen-bond donors (Lipinski definition) is 1. The maximum absolute atomic E-state index is 11.9. The van der Waals surface area contributed by atoms with Gasteiger partial charge in [0, 0.05) is 31.5 Å². The molecule has 0 spiro atoms. The number of carbonyl (C=O) groups excluding carboxylic acids is 1. The highest BCUT2D eigenvalue weighted by Gasteiger charge is 2.09. The van der Waals surface area contributed by atoms with Gasteiger partial charge in [-0.25, -0.2) is 4.98 Å². The van der Waals surface area contributed by atoms with Crippen LogP contribution in [-0.2, 0) is 11.2 Å². The summed E-state index contributed by atoms with van der Waals surface area (Å²) in [6, 6.07) is 5.35. The highest BCUT2D eigenvalue weighted by molar-refractivity contribution is 5.92. The van der Waals surface area contributed by atoms with Crippen LogP contribution in [0.1, 0.15) is 24.0 Å². The lowest BCUT2D eigenvalue weighted by atomic mass is 10.2. The van der Waals surface area contributed by atoms with Crippen molar-refractivity contribution in [3.05, 3.63) is 35.8 Å². The average molecular weight is 286 g/mol. The molecule has 3 aromatic rings. The predicted octanol–water partition coefficient (Wildman–Crippen LogP) is 2.40. The van der Waals surface area contributed by atoms with Gasteiger partial charge in [0.2, 0.25) is 11.8 Å². The number of fused-ring (bicyclic) bond motifs is 1. The summed E-state index contributed by atoms with van der Waals surface area (Å²) in [5.74, 6) is 1.50. The molecule has 2 aromatic heterocycles. The lowest BCUT2D eigenvalue weighted by molar-refractivity contribution is -0.116. The van der Waals surface area contributed by atoms with E-state index in [0.717, 1.165) is 5.52 Å². The SMILES string of the molecule is Cc1noc(CCC(=O)Nc2ccc3nc(C)oc3c2)n1. The Kier molecular flexibility index (Phi) is 3.39. The average Bonchev–Trinajstić information content (AvgIpc) is 3.01. The molecule has 0 atom stereocenters. The van der Waals surface area contributed by atoms with Gasteiger partial charge in [0.15, 0.2) is 17.3 Å². The molecule has 7 heteroatoms. The molecule has 3 rings (SSSR count). The molecule has 0 fully saturated rings. The topological polar surface area (TPSA) is 94.1 Å². The van der Waals surface area contributed by atoms with E-state index in [4.69, 9.17) is 8.94 Å². The lowest BCUT2D eigenvalue weighted by Gasteiger charge is -2.03. The van der Waals surface area contributed by atoms with Gasteiger partial charge in [-0.05, 0) is 19.1 Å². The van der Waals surface area contributed by atoms with Crippen molar-refractivity contribution in [2.45, 2.75) is 26.7 Å². The van der Waals surface area contributed by atoms with Crippen molar-refractivity contribution in [2.75, 3.05) is 5.32 Å². The normalized spacial score (nSPS) is 11.0. The molecule has 7 nitrogen and oxygen atoms in total. The molecule has 1 amide bonds. The summed E-state index contributed by atoms with van der Waals surface area (Å²) >= 11 is 0. The molecule has 1 aromatic carbocycles. The van der Waals surface area contributed by atoms with E-state index in [9.17, 15) is 4.79 Å². The molecular formula is C14H14N4O3. The van der Waals surface area contributed by atoms with Gasteiger partial charge in [0.25, 0.3) is 0 Å². The van der Waals surface area contributed by atoms with Crippen molar-refractivity contribution in [3.63, 3.8) is 0 Å². The van der Waals surface area contributed by atoms with Crippen molar-refractivity contribution in [1.82, 2.24) is 15.1 Å². The van der Waals surface area contributed by atoms with Gasteiger partial charge < -0.3 is 14.3 Å². The van der Waals surface area contributed by atoms with Crippen LogP contribution < -0.4 is 5.32 Å². The van der Waals surface area contributed by atoms with E-state index in [2.05, 4.69) is 20.4 Å². The second-order valence-corrected chi connectivity index (χ2v) is 4.70. The summed E-state index contributed by atoms with van der Waals surface area (Å²) in [6.07, 6.45) is 0.686. The lowest BCUT2D eigenvalue weighted by Crippen LogP contribution is -2.12. The molecular weight excluding hydrogens is 272 g/mol. The van der Waals surface area contributed by atoms with E-state index in [1.54, 1.807) is 26.0 Å². The maximum Gasteiger partial charge on any atom is 0.227 e. The largest absolute Gasteiger partial charge is 0.441 e. The Morgan fingerprint density at radius 1 is 1.29 bits per heavy atom. The van der Waals surface area contributed by atoms with Crippen LogP contribution in [0.4, 0.5) is 5.69 Å². The Hall–Kier alpha value is -2.70. The zero-order chi connectivity index (χ0) is 14.8. The second-order valence-electron chi connectivity index (χ2n) is 4.70. The van der Waals surface area contributed by atoms with Crippen LogP contribution in [-0.4, -0.2) is 21.0 Å². The van der Waals surface area contributed by atoms with Gasteiger partial charge in [0.05, 0.1) is 0 Å². The second kappa shape index (κ2) is 5.35. The molecule has 0 bridgehead atoms. The number of aryl methyl sites for hydroxylation is 3. The number of oxazole rings is 1. The fraction of sp³-hybridized carbons (Fsp3) is 0.286. The summed E-state index contributed by atoms with van der Waals surface area (Å²) in [5, 5.41) is 6.48. The maximum atomic E-state index is 11.9. The summed E-state index contributed by atoms with van der Waals surface area (Å²) in [4.78, 5) is 20.1. The number of hydrogen-bond acceptors (Lipinski definition) is 6. The van der Waals surface area contributed by atoms with Crippen molar-refractivity contribution in [2.24, 2.45) is 0 Å². The molecule has 0 unspecified atom stereocenters. The molecule has 0 radical (unpaired) electrons. The molecule has 21 heavy (non-hydrogen) atoms. The van der Waals surface area contributed by atoms with Gasteiger partial charge in [0.1, 0.15) is 5.52 Å². The first-order valence-corrected chi connectivity index (χ1v) is 6.56. The van der Waals surface area contributed by atoms with Gasteiger partial charge in [-0.3, -0.25) is 4.79 Å². The number of amides is 1. The predicted molar refractivity (Wildman–Crippen MR) is 74.7 cm³/mol. The van der Waals surface area contributed by atoms with Crippen LogP contribution in [0.25, 0.3) is 11.1 Å². The van der Waals surface area contributed by atoms with Crippen LogP contribution in [0.3, 0.4) is 0 Å².